The maximum absolute atomic E-state index is 13.9. The highest BCUT2D eigenvalue weighted by molar-refractivity contribution is 6.02. The monoisotopic (exact) mass is 732 g/mol. The fraction of sp³-hybridized carbons (Fsp3) is 0.854. The second-order valence-electron chi connectivity index (χ2n) is 19.5. The average Bonchev–Trinajstić information content (AvgIpc) is 3.30. The van der Waals surface area contributed by atoms with E-state index in [0.29, 0.717) is 18.3 Å². The van der Waals surface area contributed by atoms with E-state index >= 15 is 0 Å². The van der Waals surface area contributed by atoms with Crippen LogP contribution in [0.15, 0.2) is 11.1 Å². The number of nitrogens with one attached hydrogen (secondary N) is 2. The fourth-order valence-electron chi connectivity index (χ4n) is 12.9. The average molecular weight is 733 g/mol. The van der Waals surface area contributed by atoms with Gasteiger partial charge in [0.1, 0.15) is 12.2 Å². The molecule has 1 amide bonds. The zero-order chi connectivity index (χ0) is 36.7. The number of ketones is 1. The van der Waals surface area contributed by atoms with Crippen LogP contribution in [0.3, 0.4) is 0 Å². The summed E-state index contributed by atoms with van der Waals surface area (Å²) in [5.74, 6) is -0.0991. The Kier molecular flexibility index (Phi) is 10.7. The smallest absolute Gasteiger partial charge is 0.408 e. The van der Waals surface area contributed by atoms with Crippen LogP contribution >= 0.6 is 12.4 Å². The summed E-state index contributed by atoms with van der Waals surface area (Å²) >= 11 is 0. The first-order valence-corrected chi connectivity index (χ1v) is 19.6. The maximum atomic E-state index is 13.9. The van der Waals surface area contributed by atoms with Crippen LogP contribution in [0.1, 0.15) is 139 Å². The van der Waals surface area contributed by atoms with Crippen LogP contribution < -0.4 is 10.6 Å². The number of carboxylic acids is 1. The standard InChI is InChI=1S/C41H64N2O7.ClH/c1-24(2)32-27(44)22-41(43-35(48)49-25-14-20-42-21-15-25)19-18-39(8)26(33(32)41)10-11-29-38(7)16-13-30(50-31(45)23-36(3,4)34(46)47)37(5,6)28(38)12-17-40(29,39)9;/h24-26,28-30,42H,10-23H2,1-9H3,(H,43,48)(H,46,47);1H/t26?,28?,29?,30-,38-,39+,40+,41+;/m0./s1. The molecule has 0 aromatic carbocycles. The van der Waals surface area contributed by atoms with E-state index < -0.39 is 22.9 Å². The zero-order valence-electron chi connectivity index (χ0n) is 32.7. The van der Waals surface area contributed by atoms with E-state index in [1.54, 1.807) is 13.8 Å². The number of Topliss-reactive ketones (excluding diaryl/α,β-unsaturated/α-hetero) is 1. The number of aliphatic carboxylic acids is 1. The first-order chi connectivity index (χ1) is 23.2. The number of amides is 1. The number of hydrogen-bond acceptors (Lipinski definition) is 7. The molecule has 0 bridgehead atoms. The SMILES string of the molecule is CC(C)C1=C2C3CCC4[C@@]5(C)CC[C@H](OC(=O)CC(C)(C)C(=O)O)C(C)(C)C5CC[C@@]4(C)[C@]3(C)CC[C@@]2(NC(=O)OC2CCNCC2)CC1=O.Cl. The molecule has 288 valence electrons. The van der Waals surface area contributed by atoms with Gasteiger partial charge in [-0.05, 0) is 142 Å². The Bertz CT molecular complexity index is 1450. The van der Waals surface area contributed by atoms with E-state index in [4.69, 9.17) is 9.47 Å². The molecule has 3 unspecified atom stereocenters. The topological polar surface area (TPSA) is 131 Å². The highest BCUT2D eigenvalue weighted by atomic mass is 35.5. The van der Waals surface area contributed by atoms with Crippen molar-refractivity contribution in [2.75, 3.05) is 13.1 Å². The molecule has 1 saturated heterocycles. The van der Waals surface area contributed by atoms with E-state index in [9.17, 15) is 24.3 Å². The lowest BCUT2D eigenvalue weighted by molar-refractivity contribution is -0.232. The van der Waals surface area contributed by atoms with Crippen molar-refractivity contribution >= 4 is 36.2 Å². The Balaban J connectivity index is 0.00000504. The van der Waals surface area contributed by atoms with Crippen molar-refractivity contribution in [3.8, 4) is 0 Å². The van der Waals surface area contributed by atoms with Crippen LogP contribution in [0.5, 0.6) is 0 Å². The maximum Gasteiger partial charge on any atom is 0.408 e. The number of allylic oxidation sites excluding steroid dienone is 1. The molecule has 5 aliphatic carbocycles. The van der Waals surface area contributed by atoms with Gasteiger partial charge in [-0.1, -0.05) is 48.5 Å². The lowest BCUT2D eigenvalue weighted by Gasteiger charge is -2.72. The van der Waals surface area contributed by atoms with Gasteiger partial charge in [-0.15, -0.1) is 12.4 Å². The summed E-state index contributed by atoms with van der Waals surface area (Å²) in [6.45, 7) is 21.2. The lowest BCUT2D eigenvalue weighted by Crippen LogP contribution is -2.67. The van der Waals surface area contributed by atoms with E-state index in [1.165, 1.54) is 5.57 Å². The summed E-state index contributed by atoms with van der Waals surface area (Å²) in [7, 11) is 0. The zero-order valence-corrected chi connectivity index (χ0v) is 33.5. The summed E-state index contributed by atoms with van der Waals surface area (Å²) in [4.78, 5) is 52.2. The number of ether oxygens (including phenoxy) is 2. The fourth-order valence-corrected chi connectivity index (χ4v) is 12.9. The number of rotatable bonds is 7. The molecule has 0 aromatic rings. The molecule has 4 saturated carbocycles. The molecule has 1 aliphatic heterocycles. The van der Waals surface area contributed by atoms with Gasteiger partial charge in [0.25, 0.3) is 0 Å². The van der Waals surface area contributed by atoms with Crippen molar-refractivity contribution in [1.29, 1.82) is 0 Å². The normalized spacial score (nSPS) is 39.1. The van der Waals surface area contributed by atoms with Crippen molar-refractivity contribution in [2.24, 2.45) is 50.7 Å². The Morgan fingerprint density at radius 2 is 1.55 bits per heavy atom. The predicted octanol–water partition coefficient (Wildman–Crippen LogP) is 8.03. The number of esters is 1. The number of carbonyl (C=O) groups excluding carboxylic acids is 3. The van der Waals surface area contributed by atoms with Crippen LogP contribution in [0.2, 0.25) is 0 Å². The molecule has 8 atom stereocenters. The van der Waals surface area contributed by atoms with Crippen molar-refractivity contribution in [3.05, 3.63) is 11.1 Å². The van der Waals surface area contributed by atoms with Crippen LogP contribution in [0.4, 0.5) is 4.79 Å². The summed E-state index contributed by atoms with van der Waals surface area (Å²) in [6.07, 6.45) is 8.69. The third-order valence-corrected chi connectivity index (χ3v) is 15.7. The largest absolute Gasteiger partial charge is 0.481 e. The molecule has 0 aromatic heterocycles. The second-order valence-corrected chi connectivity index (χ2v) is 19.5. The molecule has 5 fully saturated rings. The van der Waals surface area contributed by atoms with Gasteiger partial charge in [-0.2, -0.15) is 0 Å². The van der Waals surface area contributed by atoms with Gasteiger partial charge in [0.05, 0.1) is 17.4 Å². The lowest BCUT2D eigenvalue weighted by atomic mass is 9.33. The molecule has 10 heteroatoms. The molecule has 0 spiro atoms. The second kappa shape index (κ2) is 13.6. The van der Waals surface area contributed by atoms with Crippen LogP contribution in [0.25, 0.3) is 0 Å². The number of alkyl carbamates (subject to hydrolysis) is 1. The Labute approximate surface area is 312 Å². The summed E-state index contributed by atoms with van der Waals surface area (Å²) in [6, 6.07) is 0. The molecule has 9 nitrogen and oxygen atoms in total. The van der Waals surface area contributed by atoms with Gasteiger partial charge in [0.15, 0.2) is 5.78 Å². The molecule has 6 rings (SSSR count). The summed E-state index contributed by atoms with van der Waals surface area (Å²) < 4.78 is 12.1. The van der Waals surface area contributed by atoms with Gasteiger partial charge in [-0.25, -0.2) is 4.79 Å². The van der Waals surface area contributed by atoms with E-state index in [0.717, 1.165) is 82.9 Å². The Morgan fingerprint density at radius 3 is 2.18 bits per heavy atom. The number of piperidine rings is 1. The van der Waals surface area contributed by atoms with Crippen molar-refractivity contribution in [2.45, 2.75) is 157 Å². The van der Waals surface area contributed by atoms with Crippen LogP contribution in [0, 0.1) is 50.7 Å². The third kappa shape index (κ3) is 6.36. The van der Waals surface area contributed by atoms with E-state index in [-0.39, 0.29) is 76.4 Å². The minimum Gasteiger partial charge on any atom is -0.481 e. The van der Waals surface area contributed by atoms with E-state index in [2.05, 4.69) is 59.1 Å². The predicted molar refractivity (Wildman–Crippen MR) is 198 cm³/mol. The number of carboxylic acid groups (broad SMARTS) is 1. The molecule has 51 heavy (non-hydrogen) atoms. The van der Waals surface area contributed by atoms with E-state index in [1.807, 2.05) is 0 Å². The number of fused-ring (bicyclic) bond motifs is 7. The summed E-state index contributed by atoms with van der Waals surface area (Å²) in [5.41, 5.74) is 0.119. The molecule has 3 N–H and O–H groups in total. The first-order valence-electron chi connectivity index (χ1n) is 19.6. The van der Waals surface area contributed by atoms with Crippen LogP contribution in [-0.4, -0.2) is 59.8 Å². The minimum absolute atomic E-state index is 0. The van der Waals surface area contributed by atoms with Gasteiger partial charge in [0.2, 0.25) is 0 Å². The van der Waals surface area contributed by atoms with Crippen molar-refractivity contribution < 1.29 is 33.8 Å². The van der Waals surface area contributed by atoms with Crippen molar-refractivity contribution in [3.63, 3.8) is 0 Å². The quantitative estimate of drug-likeness (QED) is 0.224. The highest BCUT2D eigenvalue weighted by Crippen LogP contribution is 2.76. The molecule has 1 heterocycles. The van der Waals surface area contributed by atoms with Gasteiger partial charge in [-0.3, -0.25) is 14.4 Å². The van der Waals surface area contributed by atoms with Gasteiger partial charge >= 0.3 is 18.0 Å². The first kappa shape index (κ1) is 40.1. The number of halogens is 1. The Morgan fingerprint density at radius 1 is 0.882 bits per heavy atom. The molecule has 6 aliphatic rings. The van der Waals surface area contributed by atoms with Gasteiger partial charge < -0.3 is 25.2 Å². The molecular weight excluding hydrogens is 668 g/mol. The minimum atomic E-state index is -1.17. The Hall–Kier alpha value is -2.13. The molecular formula is C41H65ClN2O7. The number of carbonyl (C=O) groups is 4. The summed E-state index contributed by atoms with van der Waals surface area (Å²) in [5, 5.41) is 16.3. The van der Waals surface area contributed by atoms with Gasteiger partial charge in [0, 0.05) is 11.8 Å². The highest BCUT2D eigenvalue weighted by Gasteiger charge is 2.70. The number of hydrogen-bond donors (Lipinski definition) is 3. The van der Waals surface area contributed by atoms with Crippen LogP contribution in [-0.2, 0) is 23.9 Å². The third-order valence-electron chi connectivity index (χ3n) is 15.7. The van der Waals surface area contributed by atoms with Crippen molar-refractivity contribution in [1.82, 2.24) is 10.6 Å². The molecule has 0 radical (unpaired) electrons.